The molecule has 21 heavy (non-hydrogen) atoms. The van der Waals surface area contributed by atoms with Crippen molar-refractivity contribution in [1.29, 1.82) is 0 Å². The van der Waals surface area contributed by atoms with Gasteiger partial charge in [-0.3, -0.25) is 0 Å². The number of likely N-dealkylation sites (N-methyl/N-ethyl adjacent to an activating group) is 1. The molecule has 0 aliphatic rings. The summed E-state index contributed by atoms with van der Waals surface area (Å²) >= 11 is -0.0201. The molecule has 1 amide bonds. The fourth-order valence-corrected chi connectivity index (χ4v) is 3.88. The monoisotopic (exact) mass is 354 g/mol. The van der Waals surface area contributed by atoms with Gasteiger partial charge in [0.15, 0.2) is 0 Å². The Balaban J connectivity index is 2.18. The zero-order valence-electron chi connectivity index (χ0n) is 12.3. The van der Waals surface area contributed by atoms with E-state index in [0.717, 1.165) is 19.8 Å². The predicted molar refractivity (Wildman–Crippen MR) is 84.0 cm³/mol. The molecule has 1 aromatic heterocycles. The van der Waals surface area contributed by atoms with Gasteiger partial charge in [-0.15, -0.1) is 0 Å². The van der Waals surface area contributed by atoms with E-state index in [1.54, 1.807) is 6.92 Å². The average Bonchev–Trinajstić information content (AvgIpc) is 2.81. The van der Waals surface area contributed by atoms with Gasteiger partial charge >= 0.3 is 129 Å². The molecule has 0 atom stereocenters. The molecule has 0 saturated heterocycles. The van der Waals surface area contributed by atoms with E-state index in [-0.39, 0.29) is 26.4 Å². The number of fused-ring (bicyclic) bond motifs is 1. The van der Waals surface area contributed by atoms with Crippen molar-refractivity contribution < 1.29 is 14.3 Å². The van der Waals surface area contributed by atoms with Crippen molar-refractivity contribution in [2.24, 2.45) is 0 Å². The van der Waals surface area contributed by atoms with E-state index in [0.29, 0.717) is 13.2 Å². The number of esters is 1. The first-order valence-corrected chi connectivity index (χ1v) is 8.36. The Morgan fingerprint density at radius 3 is 2.71 bits per heavy atom. The van der Waals surface area contributed by atoms with Crippen molar-refractivity contribution >= 4 is 41.7 Å². The first-order valence-electron chi connectivity index (χ1n) is 6.65. The Morgan fingerprint density at radius 1 is 1.29 bits per heavy atom. The van der Waals surface area contributed by atoms with E-state index in [4.69, 9.17) is 4.74 Å². The number of ether oxygens (including phenoxy) is 1. The molecular formula is C15H18N2O3Se. The summed E-state index contributed by atoms with van der Waals surface area (Å²) in [7, 11) is 3.69. The molecule has 5 nitrogen and oxygen atoms in total. The van der Waals surface area contributed by atoms with Crippen LogP contribution in [0.25, 0.3) is 9.65 Å². The average molecular weight is 353 g/mol. The van der Waals surface area contributed by atoms with Crippen molar-refractivity contribution in [2.45, 2.75) is 6.92 Å². The van der Waals surface area contributed by atoms with E-state index in [1.165, 1.54) is 0 Å². The van der Waals surface area contributed by atoms with E-state index < -0.39 is 0 Å². The molecule has 0 fully saturated rings. The van der Waals surface area contributed by atoms with Gasteiger partial charge in [0.05, 0.1) is 0 Å². The number of anilines is 1. The molecular weight excluding hydrogens is 335 g/mol. The van der Waals surface area contributed by atoms with Crippen LogP contribution in [0.5, 0.6) is 0 Å². The molecule has 0 unspecified atom stereocenters. The van der Waals surface area contributed by atoms with Crippen LogP contribution in [-0.2, 0) is 9.53 Å². The van der Waals surface area contributed by atoms with Gasteiger partial charge in [-0.05, 0) is 0 Å². The topological polar surface area (TPSA) is 58.6 Å². The molecule has 0 spiro atoms. The van der Waals surface area contributed by atoms with Crippen molar-refractivity contribution in [3.63, 3.8) is 0 Å². The fraction of sp³-hybridized carbons (Fsp3) is 0.333. The van der Waals surface area contributed by atoms with Crippen LogP contribution in [0, 0.1) is 0 Å². The Hall–Kier alpha value is -1.62. The number of carbonyl (C=O) groups excluding carboxylic acids is 2. The number of rotatable bonds is 5. The van der Waals surface area contributed by atoms with Crippen LogP contribution in [-0.4, -0.2) is 58.5 Å². The minimum absolute atomic E-state index is 0.0201. The van der Waals surface area contributed by atoms with Gasteiger partial charge in [-0.25, -0.2) is 0 Å². The predicted octanol–water partition coefficient (Wildman–Crippen LogP) is 1.57. The second-order valence-corrected chi connectivity index (χ2v) is 7.14. The van der Waals surface area contributed by atoms with E-state index in [2.05, 4.69) is 5.32 Å². The first kappa shape index (κ1) is 15.8. The standard InChI is InChI=1S/C15H18N2O3Se/c1-4-20-15(19)13-8-10-7-11(5-6-12(10)21-13)16-14(18)9-17(2)3/h5-8H,4,9H2,1-3H3,(H,16,18). The van der Waals surface area contributed by atoms with E-state index >= 15 is 0 Å². The van der Waals surface area contributed by atoms with Crippen molar-refractivity contribution in [2.75, 3.05) is 32.6 Å². The Labute approximate surface area is 129 Å². The van der Waals surface area contributed by atoms with Crippen LogP contribution < -0.4 is 5.32 Å². The maximum atomic E-state index is 11.7. The number of amides is 1. The number of hydrogen-bond donors (Lipinski definition) is 1. The minimum atomic E-state index is -0.244. The van der Waals surface area contributed by atoms with E-state index in [9.17, 15) is 9.59 Å². The Morgan fingerprint density at radius 2 is 2.05 bits per heavy atom. The molecule has 0 bridgehead atoms. The maximum absolute atomic E-state index is 11.7. The van der Waals surface area contributed by atoms with Crippen LogP contribution in [0.15, 0.2) is 24.3 Å². The zero-order chi connectivity index (χ0) is 15.4. The molecule has 1 N–H and O–H groups in total. The van der Waals surface area contributed by atoms with Gasteiger partial charge < -0.3 is 0 Å². The van der Waals surface area contributed by atoms with Crippen molar-refractivity contribution in [3.05, 3.63) is 28.7 Å². The second kappa shape index (κ2) is 6.89. The van der Waals surface area contributed by atoms with Gasteiger partial charge in [0, 0.05) is 0 Å². The van der Waals surface area contributed by atoms with E-state index in [1.807, 2.05) is 43.3 Å². The summed E-state index contributed by atoms with van der Waals surface area (Å²) in [6, 6.07) is 7.59. The number of nitrogens with one attached hydrogen (secondary N) is 1. The Bertz CT molecular complexity index is 664. The summed E-state index contributed by atoms with van der Waals surface area (Å²) in [6.45, 7) is 2.52. The molecule has 6 heteroatoms. The summed E-state index contributed by atoms with van der Waals surface area (Å²) in [6.07, 6.45) is 0. The molecule has 2 rings (SSSR count). The molecule has 0 saturated carbocycles. The van der Waals surface area contributed by atoms with Crippen LogP contribution in [0.4, 0.5) is 5.69 Å². The van der Waals surface area contributed by atoms with Crippen LogP contribution in [0.3, 0.4) is 0 Å². The molecule has 0 radical (unpaired) electrons. The number of nitrogens with zero attached hydrogens (tertiary/aromatic N) is 1. The summed E-state index contributed by atoms with van der Waals surface area (Å²) in [4.78, 5) is 25.3. The summed E-state index contributed by atoms with van der Waals surface area (Å²) < 4.78 is 6.88. The molecule has 2 aromatic rings. The summed E-state index contributed by atoms with van der Waals surface area (Å²) in [5, 5.41) is 3.84. The third kappa shape index (κ3) is 4.17. The van der Waals surface area contributed by atoms with Gasteiger partial charge in [0.2, 0.25) is 0 Å². The normalized spacial score (nSPS) is 10.9. The number of hydrogen-bond acceptors (Lipinski definition) is 4. The van der Waals surface area contributed by atoms with Crippen LogP contribution >= 0.6 is 0 Å². The molecule has 112 valence electrons. The van der Waals surface area contributed by atoms with Gasteiger partial charge in [-0.2, -0.15) is 0 Å². The first-order chi connectivity index (χ1) is 9.99. The van der Waals surface area contributed by atoms with Crippen molar-refractivity contribution in [1.82, 2.24) is 4.90 Å². The third-order valence-electron chi connectivity index (χ3n) is 2.74. The SMILES string of the molecule is CCOC(=O)c1cc2cc(NC(=O)CN(C)C)ccc2[se]1. The number of carbonyl (C=O) groups is 2. The Kier molecular flexibility index (Phi) is 5.17. The zero-order valence-corrected chi connectivity index (χ0v) is 14.0. The molecule has 0 aliphatic heterocycles. The number of benzene rings is 1. The fourth-order valence-electron chi connectivity index (χ4n) is 1.91. The quantitative estimate of drug-likeness (QED) is 0.655. The second-order valence-electron chi connectivity index (χ2n) is 4.87. The summed E-state index contributed by atoms with van der Waals surface area (Å²) in [5.74, 6) is -0.301. The van der Waals surface area contributed by atoms with Gasteiger partial charge in [-0.1, -0.05) is 0 Å². The van der Waals surface area contributed by atoms with Crippen LogP contribution in [0.2, 0.25) is 0 Å². The molecule has 1 aromatic carbocycles. The van der Waals surface area contributed by atoms with Crippen LogP contribution in [0.1, 0.15) is 16.2 Å². The van der Waals surface area contributed by atoms with Gasteiger partial charge in [0.25, 0.3) is 0 Å². The molecule has 1 heterocycles. The third-order valence-corrected chi connectivity index (χ3v) is 5.04. The van der Waals surface area contributed by atoms with Crippen molar-refractivity contribution in [3.8, 4) is 0 Å². The molecule has 0 aliphatic carbocycles. The van der Waals surface area contributed by atoms with Gasteiger partial charge in [0.1, 0.15) is 0 Å². The summed E-state index contributed by atoms with van der Waals surface area (Å²) in [5.41, 5.74) is 0.748.